The van der Waals surface area contributed by atoms with Crippen LogP contribution in [0.15, 0.2) is 48.5 Å². The van der Waals surface area contributed by atoms with Gasteiger partial charge in [-0.2, -0.15) is 0 Å². The molecule has 3 fully saturated rings. The first-order chi connectivity index (χ1) is 21.3. The molecule has 0 spiro atoms. The summed E-state index contributed by atoms with van der Waals surface area (Å²) >= 11 is 6.45. The molecule has 3 aliphatic rings. The average Bonchev–Trinajstić information content (AvgIpc) is 3.44. The van der Waals surface area contributed by atoms with Crippen molar-refractivity contribution >= 4 is 39.6 Å². The molecule has 10 heteroatoms. The van der Waals surface area contributed by atoms with E-state index in [9.17, 15) is 4.79 Å². The van der Waals surface area contributed by atoms with E-state index in [1.807, 2.05) is 48.3 Å². The van der Waals surface area contributed by atoms with Crippen molar-refractivity contribution in [3.63, 3.8) is 0 Å². The number of likely N-dealkylation sites (tertiary alicyclic amines) is 1. The Hall–Kier alpha value is -4.08. The number of piperidine rings is 1. The third kappa shape index (κ3) is 4.28. The van der Waals surface area contributed by atoms with Crippen molar-refractivity contribution in [3.8, 4) is 34.3 Å². The highest BCUT2D eigenvalue weighted by Crippen LogP contribution is 2.40. The molecule has 2 aliphatic carbocycles. The quantitative estimate of drug-likeness (QED) is 0.246. The number of carbonyl (C=O) groups excluding carboxylic acids is 1. The lowest BCUT2D eigenvalue weighted by molar-refractivity contribution is 0.0700. The molecule has 2 bridgehead atoms. The van der Waals surface area contributed by atoms with Gasteiger partial charge in [-0.05, 0) is 86.1 Å². The molecule has 44 heavy (non-hydrogen) atoms. The number of aromatic nitrogens is 4. The number of hydrogen-bond donors (Lipinski definition) is 1. The summed E-state index contributed by atoms with van der Waals surface area (Å²) in [4.78, 5) is 25.9. The molecule has 2 aromatic carbocycles. The second kappa shape index (κ2) is 10.2. The lowest BCUT2D eigenvalue weighted by Gasteiger charge is -2.27. The molecule has 226 valence electrons. The lowest BCUT2D eigenvalue weighted by atomic mass is 10.1. The summed E-state index contributed by atoms with van der Waals surface area (Å²) in [6.07, 6.45) is 4.48. The molecule has 2 saturated carbocycles. The summed E-state index contributed by atoms with van der Waals surface area (Å²) in [7, 11) is 5.26. The average molecular weight is 611 g/mol. The first-order valence-electron chi connectivity index (χ1n) is 15.3. The molecule has 0 radical (unpaired) electrons. The van der Waals surface area contributed by atoms with E-state index < -0.39 is 0 Å². The number of methoxy groups -OCH3 is 2. The van der Waals surface area contributed by atoms with Crippen LogP contribution in [0.2, 0.25) is 5.02 Å². The maximum Gasteiger partial charge on any atom is 0.254 e. The number of amides is 1. The number of pyridine rings is 1. The van der Waals surface area contributed by atoms with E-state index in [-0.39, 0.29) is 18.0 Å². The highest BCUT2D eigenvalue weighted by atomic mass is 35.5. The minimum atomic E-state index is -0.00161. The fraction of sp³-hybridized carbons (Fsp3) is 0.382. The Morgan fingerprint density at radius 1 is 1.00 bits per heavy atom. The van der Waals surface area contributed by atoms with Crippen molar-refractivity contribution in [1.82, 2.24) is 24.0 Å². The lowest BCUT2D eigenvalue weighted by Crippen LogP contribution is -2.41. The molecule has 9 nitrogen and oxygen atoms in total. The number of fused-ring (bicyclic) bond motifs is 4. The third-order valence-corrected chi connectivity index (χ3v) is 10.2. The zero-order chi connectivity index (χ0) is 30.3. The van der Waals surface area contributed by atoms with Gasteiger partial charge in [-0.1, -0.05) is 11.6 Å². The topological polar surface area (TPSA) is 100 Å². The van der Waals surface area contributed by atoms with Gasteiger partial charge in [0.25, 0.3) is 5.91 Å². The van der Waals surface area contributed by atoms with Crippen LogP contribution >= 0.6 is 11.6 Å². The Bertz CT molecular complexity index is 1960. The first-order valence-corrected chi connectivity index (χ1v) is 15.7. The molecule has 4 heterocycles. The van der Waals surface area contributed by atoms with Crippen molar-refractivity contribution in [3.05, 3.63) is 59.1 Å². The van der Waals surface area contributed by atoms with Crippen molar-refractivity contribution < 1.29 is 14.3 Å². The highest BCUT2D eigenvalue weighted by molar-refractivity contribution is 6.32. The second-order valence-electron chi connectivity index (χ2n) is 12.5. The largest absolute Gasteiger partial charge is 0.495 e. The van der Waals surface area contributed by atoms with Crippen LogP contribution in [0.3, 0.4) is 0 Å². The van der Waals surface area contributed by atoms with E-state index in [2.05, 4.69) is 21.3 Å². The molecule has 1 amide bonds. The van der Waals surface area contributed by atoms with Gasteiger partial charge < -0.3 is 29.2 Å². The van der Waals surface area contributed by atoms with Gasteiger partial charge in [-0.15, -0.1) is 0 Å². The summed E-state index contributed by atoms with van der Waals surface area (Å²) in [5.74, 6) is 3.06. The van der Waals surface area contributed by atoms with Crippen LogP contribution in [0.5, 0.6) is 11.5 Å². The molecule has 1 saturated heterocycles. The Labute approximate surface area is 260 Å². The summed E-state index contributed by atoms with van der Waals surface area (Å²) in [5, 5.41) is 1.59. The maximum absolute atomic E-state index is 13.7. The van der Waals surface area contributed by atoms with Gasteiger partial charge in [-0.3, -0.25) is 4.79 Å². The standard InChI is InChI=1S/C34H35ClN6O3/c1-39-31-25(13-22(15-29(31)44-3)34(42)41-17-21-7-10-26(41)30(21)36)38-33(39)27-14-20-6-9-24(19-8-11-28(43-2)23(35)12-19)37-32(20)40(27)16-18-4-5-18/h6,8-9,11-15,18,21,26,30H,4-5,7,10,16-17,36H2,1-3H3/t21-,26-,30-/m1/s1. The minimum Gasteiger partial charge on any atom is -0.495 e. The highest BCUT2D eigenvalue weighted by Gasteiger charge is 2.47. The fourth-order valence-corrected chi connectivity index (χ4v) is 7.57. The van der Waals surface area contributed by atoms with Gasteiger partial charge in [0.1, 0.15) is 22.7 Å². The maximum atomic E-state index is 13.7. The van der Waals surface area contributed by atoms with Crippen molar-refractivity contribution in [2.45, 2.75) is 44.3 Å². The van der Waals surface area contributed by atoms with E-state index in [1.165, 1.54) is 12.8 Å². The van der Waals surface area contributed by atoms with E-state index in [0.717, 1.165) is 70.8 Å². The number of aryl methyl sites for hydroxylation is 1. The molecule has 1 aliphatic heterocycles. The van der Waals surface area contributed by atoms with E-state index in [0.29, 0.717) is 33.9 Å². The van der Waals surface area contributed by atoms with Crippen LogP contribution in [-0.4, -0.2) is 62.8 Å². The molecular formula is C34H35ClN6O3. The van der Waals surface area contributed by atoms with Gasteiger partial charge in [0.2, 0.25) is 0 Å². The van der Waals surface area contributed by atoms with Crippen LogP contribution < -0.4 is 15.2 Å². The van der Waals surface area contributed by atoms with Gasteiger partial charge in [0, 0.05) is 48.7 Å². The number of imidazole rings is 1. The molecule has 0 unspecified atom stereocenters. The van der Waals surface area contributed by atoms with Gasteiger partial charge in [0.05, 0.1) is 36.1 Å². The monoisotopic (exact) mass is 610 g/mol. The Morgan fingerprint density at radius 3 is 2.50 bits per heavy atom. The summed E-state index contributed by atoms with van der Waals surface area (Å²) in [6, 6.07) is 16.0. The number of carbonyl (C=O) groups is 1. The van der Waals surface area contributed by atoms with Crippen molar-refractivity contribution in [2.75, 3.05) is 20.8 Å². The Kier molecular flexibility index (Phi) is 6.39. The summed E-state index contributed by atoms with van der Waals surface area (Å²) in [5.41, 5.74) is 12.2. The number of nitrogens with zero attached hydrogens (tertiary/aromatic N) is 5. The van der Waals surface area contributed by atoms with Crippen LogP contribution in [-0.2, 0) is 13.6 Å². The van der Waals surface area contributed by atoms with E-state index >= 15 is 0 Å². The van der Waals surface area contributed by atoms with Gasteiger partial charge >= 0.3 is 0 Å². The molecule has 5 aromatic rings. The number of ether oxygens (including phenoxy) is 2. The number of hydrogen-bond acceptors (Lipinski definition) is 6. The van der Waals surface area contributed by atoms with Crippen LogP contribution in [0, 0.1) is 11.8 Å². The van der Waals surface area contributed by atoms with Crippen LogP contribution in [0.1, 0.15) is 36.0 Å². The minimum absolute atomic E-state index is 0.00161. The second-order valence-corrected chi connectivity index (χ2v) is 12.9. The Morgan fingerprint density at radius 2 is 1.82 bits per heavy atom. The number of halogens is 1. The van der Waals surface area contributed by atoms with Gasteiger partial charge in [0.15, 0.2) is 5.82 Å². The van der Waals surface area contributed by atoms with E-state index in [1.54, 1.807) is 14.2 Å². The summed E-state index contributed by atoms with van der Waals surface area (Å²) < 4.78 is 15.6. The zero-order valence-corrected chi connectivity index (χ0v) is 25.8. The predicted octanol–water partition coefficient (Wildman–Crippen LogP) is 5.90. The first kappa shape index (κ1) is 27.5. The zero-order valence-electron chi connectivity index (χ0n) is 25.1. The van der Waals surface area contributed by atoms with E-state index in [4.69, 9.17) is 36.8 Å². The molecule has 3 atom stereocenters. The number of benzene rings is 2. The Balaban J connectivity index is 1.23. The van der Waals surface area contributed by atoms with Crippen LogP contribution in [0.4, 0.5) is 0 Å². The predicted molar refractivity (Wildman–Crippen MR) is 171 cm³/mol. The van der Waals surface area contributed by atoms with Crippen molar-refractivity contribution in [1.29, 1.82) is 0 Å². The number of nitrogens with two attached hydrogens (primary N) is 1. The molecule has 2 N–H and O–H groups in total. The third-order valence-electron chi connectivity index (χ3n) is 9.87. The number of rotatable bonds is 7. The van der Waals surface area contributed by atoms with Crippen LogP contribution in [0.25, 0.3) is 44.8 Å². The molecular weight excluding hydrogens is 576 g/mol. The normalized spacial score (nSPS) is 21.1. The van der Waals surface area contributed by atoms with Gasteiger partial charge in [-0.25, -0.2) is 9.97 Å². The fourth-order valence-electron chi connectivity index (χ4n) is 7.31. The molecule has 8 rings (SSSR count). The smallest absolute Gasteiger partial charge is 0.254 e. The van der Waals surface area contributed by atoms with Crippen molar-refractivity contribution in [2.24, 2.45) is 24.6 Å². The SMILES string of the molecule is COc1ccc(-c2ccc3cc(-c4nc5cc(C(=O)N6C[C@H]7CC[C@@H]6[C@@H]7N)cc(OC)c5n4C)n(CC4CC4)c3n2)cc1Cl. The molecule has 3 aromatic heterocycles. The summed E-state index contributed by atoms with van der Waals surface area (Å²) in [6.45, 7) is 1.58.